The Morgan fingerprint density at radius 3 is 2.54 bits per heavy atom. The van der Waals surface area contributed by atoms with Crippen LogP contribution in [-0.4, -0.2) is 10.9 Å². The van der Waals surface area contributed by atoms with E-state index in [1.807, 2.05) is 67.9 Å². The molecule has 0 atom stereocenters. The van der Waals surface area contributed by atoms with Gasteiger partial charge < -0.3 is 5.32 Å². The van der Waals surface area contributed by atoms with Crippen molar-refractivity contribution in [3.8, 4) is 0 Å². The van der Waals surface area contributed by atoms with E-state index >= 15 is 0 Å². The first-order valence-electron chi connectivity index (χ1n) is 12.1. The molecule has 0 spiro atoms. The van der Waals surface area contributed by atoms with E-state index in [0.29, 0.717) is 6.54 Å². The molecule has 1 aromatic heterocycles. The quantitative estimate of drug-likeness (QED) is 0.324. The smallest absolute Gasteiger partial charge is 0.244 e. The number of benzene rings is 1. The van der Waals surface area contributed by atoms with Crippen LogP contribution in [0.15, 0.2) is 120 Å². The molecule has 2 aromatic rings. The second-order valence-corrected chi connectivity index (χ2v) is 9.68. The molecule has 0 saturated carbocycles. The summed E-state index contributed by atoms with van der Waals surface area (Å²) < 4.78 is 0. The molecule has 3 nitrogen and oxygen atoms in total. The molecule has 1 N–H and O–H groups in total. The molecule has 1 aliphatic carbocycles. The van der Waals surface area contributed by atoms with E-state index in [1.165, 1.54) is 16.7 Å². The van der Waals surface area contributed by atoms with E-state index in [2.05, 4.69) is 68.4 Å². The number of pyridine rings is 1. The van der Waals surface area contributed by atoms with Crippen molar-refractivity contribution in [2.24, 2.45) is 5.41 Å². The minimum absolute atomic E-state index is 0.0782. The van der Waals surface area contributed by atoms with Crippen molar-refractivity contribution in [3.05, 3.63) is 131 Å². The minimum atomic E-state index is -0.0870. The maximum atomic E-state index is 12.2. The van der Waals surface area contributed by atoms with E-state index in [0.717, 1.165) is 28.7 Å². The van der Waals surface area contributed by atoms with Gasteiger partial charge in [0.15, 0.2) is 0 Å². The zero-order valence-corrected chi connectivity index (χ0v) is 21.5. The van der Waals surface area contributed by atoms with Crippen LogP contribution in [-0.2, 0) is 11.3 Å². The van der Waals surface area contributed by atoms with Crippen molar-refractivity contribution in [1.82, 2.24) is 10.3 Å². The monoisotopic (exact) mass is 464 g/mol. The molecular weight excluding hydrogens is 428 g/mol. The number of aromatic nitrogens is 1. The Balaban J connectivity index is 1.64. The van der Waals surface area contributed by atoms with Gasteiger partial charge in [-0.15, -0.1) is 0 Å². The van der Waals surface area contributed by atoms with Crippen LogP contribution in [0.3, 0.4) is 0 Å². The zero-order valence-electron chi connectivity index (χ0n) is 21.5. The highest BCUT2D eigenvalue weighted by Crippen LogP contribution is 2.43. The molecule has 1 aliphatic rings. The van der Waals surface area contributed by atoms with E-state index < -0.39 is 0 Å². The van der Waals surface area contributed by atoms with Crippen molar-refractivity contribution in [2.75, 3.05) is 0 Å². The predicted octanol–water partition coefficient (Wildman–Crippen LogP) is 7.53. The number of nitrogens with one attached hydrogen (secondary N) is 1. The Morgan fingerprint density at radius 1 is 1.06 bits per heavy atom. The number of carbonyl (C=O) groups is 1. The third-order valence-electron chi connectivity index (χ3n) is 6.23. The van der Waals surface area contributed by atoms with Crippen LogP contribution >= 0.6 is 0 Å². The first-order valence-corrected chi connectivity index (χ1v) is 12.1. The van der Waals surface area contributed by atoms with Crippen LogP contribution in [0.5, 0.6) is 0 Å². The topological polar surface area (TPSA) is 42.0 Å². The molecule has 0 fully saturated rings. The van der Waals surface area contributed by atoms with Gasteiger partial charge in [0.1, 0.15) is 0 Å². The Kier molecular flexibility index (Phi) is 8.97. The minimum Gasteiger partial charge on any atom is -0.348 e. The Labute approximate surface area is 210 Å². The molecule has 3 heteroatoms. The first-order chi connectivity index (χ1) is 16.8. The Morgan fingerprint density at radius 2 is 1.83 bits per heavy atom. The second-order valence-electron chi connectivity index (χ2n) is 9.68. The largest absolute Gasteiger partial charge is 0.348 e. The number of hydrogen-bond acceptors (Lipinski definition) is 2. The SMILES string of the molecule is CC1=C(/C=C/C(C)=C/C=C/C(C)=C\C(=O)NCc2ccccc2)C(C)(C)CC=C1c1cccnc1. The number of allylic oxidation sites excluding steroid dienone is 11. The number of carbonyl (C=O) groups excluding carboxylic acids is 1. The summed E-state index contributed by atoms with van der Waals surface area (Å²) in [5, 5.41) is 2.92. The van der Waals surface area contributed by atoms with E-state index in [4.69, 9.17) is 0 Å². The van der Waals surface area contributed by atoms with Gasteiger partial charge in [-0.25, -0.2) is 0 Å². The van der Waals surface area contributed by atoms with Gasteiger partial charge in [0.2, 0.25) is 5.91 Å². The standard InChI is InChI=1S/C32H36N2O/c1-24(11-9-12-25(2)21-31(35)34-22-27-13-7-6-8-14-27)16-17-30-26(3)29(18-19-32(30,4)5)28-15-10-20-33-23-28/h6-18,20-21,23H,19,22H2,1-5H3,(H,34,35)/b12-9+,17-16+,24-11+,25-21-. The van der Waals surface area contributed by atoms with E-state index in [9.17, 15) is 4.79 Å². The predicted molar refractivity (Wildman–Crippen MR) is 147 cm³/mol. The molecule has 0 saturated heterocycles. The molecule has 3 rings (SSSR count). The lowest BCUT2D eigenvalue weighted by Gasteiger charge is -2.32. The lowest BCUT2D eigenvalue weighted by molar-refractivity contribution is -0.116. The average Bonchev–Trinajstić information content (AvgIpc) is 2.83. The van der Waals surface area contributed by atoms with Crippen molar-refractivity contribution < 1.29 is 4.79 Å². The third kappa shape index (κ3) is 7.65. The molecule has 0 bridgehead atoms. The van der Waals surface area contributed by atoms with Gasteiger partial charge in [-0.2, -0.15) is 0 Å². The molecule has 0 unspecified atom stereocenters. The van der Waals surface area contributed by atoms with E-state index in [-0.39, 0.29) is 11.3 Å². The van der Waals surface area contributed by atoms with Crippen LogP contribution < -0.4 is 5.32 Å². The zero-order chi connectivity index (χ0) is 25.3. The van der Waals surface area contributed by atoms with Gasteiger partial charge in [0.25, 0.3) is 0 Å². The molecule has 1 amide bonds. The summed E-state index contributed by atoms with van der Waals surface area (Å²) >= 11 is 0. The number of nitrogens with zero attached hydrogens (tertiary/aromatic N) is 1. The third-order valence-corrected chi connectivity index (χ3v) is 6.23. The van der Waals surface area contributed by atoms with Crippen LogP contribution in [0.4, 0.5) is 0 Å². The van der Waals surface area contributed by atoms with Crippen molar-refractivity contribution >= 4 is 11.5 Å². The van der Waals surface area contributed by atoms with Gasteiger partial charge in [-0.05, 0) is 72.1 Å². The molecular formula is C32H36N2O. The normalized spacial score (nSPS) is 16.7. The fourth-order valence-corrected chi connectivity index (χ4v) is 4.19. The Bertz CT molecular complexity index is 1210. The summed E-state index contributed by atoms with van der Waals surface area (Å²) in [6.07, 6.45) is 19.1. The Hall–Kier alpha value is -3.72. The highest BCUT2D eigenvalue weighted by molar-refractivity contribution is 5.88. The van der Waals surface area contributed by atoms with Crippen LogP contribution in [0.25, 0.3) is 5.57 Å². The van der Waals surface area contributed by atoms with E-state index in [1.54, 1.807) is 6.08 Å². The maximum absolute atomic E-state index is 12.2. The fourth-order valence-electron chi connectivity index (χ4n) is 4.19. The summed E-state index contributed by atoms with van der Waals surface area (Å²) in [6, 6.07) is 14.0. The van der Waals surface area contributed by atoms with Gasteiger partial charge in [0.05, 0.1) is 0 Å². The van der Waals surface area contributed by atoms with Crippen LogP contribution in [0, 0.1) is 5.41 Å². The second kappa shape index (κ2) is 12.1. The molecule has 0 radical (unpaired) electrons. The van der Waals surface area contributed by atoms with Crippen molar-refractivity contribution in [3.63, 3.8) is 0 Å². The molecule has 35 heavy (non-hydrogen) atoms. The number of hydrogen-bond donors (Lipinski definition) is 1. The lowest BCUT2D eigenvalue weighted by atomic mass is 9.72. The van der Waals surface area contributed by atoms with Crippen molar-refractivity contribution in [2.45, 2.75) is 47.6 Å². The molecule has 180 valence electrons. The summed E-state index contributed by atoms with van der Waals surface area (Å²) in [5.74, 6) is -0.0870. The number of rotatable bonds is 8. The molecule has 1 aromatic carbocycles. The highest BCUT2D eigenvalue weighted by atomic mass is 16.1. The van der Waals surface area contributed by atoms with Gasteiger partial charge in [-0.1, -0.05) is 92.3 Å². The van der Waals surface area contributed by atoms with Crippen LogP contribution in [0.1, 0.15) is 52.2 Å². The van der Waals surface area contributed by atoms with Crippen molar-refractivity contribution in [1.29, 1.82) is 0 Å². The van der Waals surface area contributed by atoms with Gasteiger partial charge in [-0.3, -0.25) is 9.78 Å². The lowest BCUT2D eigenvalue weighted by Crippen LogP contribution is -2.20. The fraction of sp³-hybridized carbons (Fsp3) is 0.250. The molecule has 0 aliphatic heterocycles. The average molecular weight is 465 g/mol. The summed E-state index contributed by atoms with van der Waals surface area (Å²) in [5.41, 5.74) is 8.30. The highest BCUT2D eigenvalue weighted by Gasteiger charge is 2.27. The first kappa shape index (κ1) is 25.9. The van der Waals surface area contributed by atoms with Gasteiger partial charge in [0, 0.05) is 25.0 Å². The summed E-state index contributed by atoms with van der Waals surface area (Å²) in [4.78, 5) is 16.5. The maximum Gasteiger partial charge on any atom is 0.244 e. The number of amides is 1. The van der Waals surface area contributed by atoms with Gasteiger partial charge >= 0.3 is 0 Å². The summed E-state index contributed by atoms with van der Waals surface area (Å²) in [7, 11) is 0. The summed E-state index contributed by atoms with van der Waals surface area (Å²) in [6.45, 7) is 11.3. The molecule has 1 heterocycles. The van der Waals surface area contributed by atoms with Crippen LogP contribution in [0.2, 0.25) is 0 Å².